The molecule has 0 atom stereocenters. The van der Waals surface area contributed by atoms with E-state index in [1.54, 1.807) is 19.9 Å². The fourth-order valence-electron chi connectivity index (χ4n) is 1.25. The van der Waals surface area contributed by atoms with Gasteiger partial charge < -0.3 is 4.74 Å². The summed E-state index contributed by atoms with van der Waals surface area (Å²) in [5, 5.41) is 0. The first-order valence-electron chi connectivity index (χ1n) is 4.62. The molecule has 0 aliphatic rings. The van der Waals surface area contributed by atoms with Gasteiger partial charge in [0.05, 0.1) is 12.2 Å². The highest BCUT2D eigenvalue weighted by atomic mass is 35.5. The SMILES string of the molecule is CCOC(=O)c1cc(F)c(C)cc1CCl. The summed E-state index contributed by atoms with van der Waals surface area (Å²) in [5.74, 6) is -0.797. The van der Waals surface area contributed by atoms with Crippen molar-refractivity contribution in [1.82, 2.24) is 0 Å². The Morgan fingerprint density at radius 2 is 2.20 bits per heavy atom. The summed E-state index contributed by atoms with van der Waals surface area (Å²) < 4.78 is 18.0. The molecule has 0 aromatic heterocycles. The molecule has 0 spiro atoms. The van der Waals surface area contributed by atoms with Crippen LogP contribution in [0.5, 0.6) is 0 Å². The smallest absolute Gasteiger partial charge is 0.338 e. The molecule has 0 unspecified atom stereocenters. The van der Waals surface area contributed by atoms with Crippen LogP contribution in [0.25, 0.3) is 0 Å². The van der Waals surface area contributed by atoms with Crippen LogP contribution < -0.4 is 0 Å². The van der Waals surface area contributed by atoms with E-state index in [9.17, 15) is 9.18 Å². The first-order valence-corrected chi connectivity index (χ1v) is 5.15. The zero-order valence-corrected chi connectivity index (χ0v) is 9.40. The Labute approximate surface area is 93.0 Å². The Kier molecular flexibility index (Phi) is 4.09. The number of hydrogen-bond donors (Lipinski definition) is 0. The van der Waals surface area contributed by atoms with Crippen LogP contribution in [0.2, 0.25) is 0 Å². The van der Waals surface area contributed by atoms with Crippen LogP contribution in [0.4, 0.5) is 4.39 Å². The molecule has 4 heteroatoms. The monoisotopic (exact) mass is 230 g/mol. The molecule has 0 amide bonds. The minimum atomic E-state index is -0.535. The molecule has 0 saturated heterocycles. The number of carbonyl (C=O) groups excluding carboxylic acids is 1. The minimum absolute atomic E-state index is 0.162. The van der Waals surface area contributed by atoms with Gasteiger partial charge >= 0.3 is 5.97 Å². The molecule has 1 aromatic carbocycles. The van der Waals surface area contributed by atoms with Crippen LogP contribution in [-0.4, -0.2) is 12.6 Å². The summed E-state index contributed by atoms with van der Waals surface area (Å²) in [6.45, 7) is 3.58. The number of aryl methyl sites for hydroxylation is 1. The molecular formula is C11H12ClFO2. The third kappa shape index (κ3) is 2.69. The molecule has 0 bridgehead atoms. The van der Waals surface area contributed by atoms with E-state index in [2.05, 4.69) is 0 Å². The molecule has 82 valence electrons. The van der Waals surface area contributed by atoms with Gasteiger partial charge in [-0.3, -0.25) is 0 Å². The van der Waals surface area contributed by atoms with Crippen LogP contribution in [0.3, 0.4) is 0 Å². The molecule has 0 heterocycles. The molecule has 0 N–H and O–H groups in total. The van der Waals surface area contributed by atoms with Crippen molar-refractivity contribution in [1.29, 1.82) is 0 Å². The number of alkyl halides is 1. The predicted molar refractivity (Wildman–Crippen MR) is 56.7 cm³/mol. The standard InChI is InChI=1S/C11H12ClFO2/c1-3-15-11(14)9-5-10(13)7(2)4-8(9)6-12/h4-5H,3,6H2,1-2H3. The lowest BCUT2D eigenvalue weighted by Crippen LogP contribution is -2.08. The van der Waals surface area contributed by atoms with Gasteiger partial charge in [-0.25, -0.2) is 9.18 Å². The molecule has 2 nitrogen and oxygen atoms in total. The van der Waals surface area contributed by atoms with Crippen molar-refractivity contribution in [3.05, 3.63) is 34.6 Å². The van der Waals surface area contributed by atoms with Crippen molar-refractivity contribution < 1.29 is 13.9 Å². The van der Waals surface area contributed by atoms with E-state index < -0.39 is 11.8 Å². The van der Waals surface area contributed by atoms with Crippen LogP contribution in [0.1, 0.15) is 28.4 Å². The lowest BCUT2D eigenvalue weighted by atomic mass is 10.1. The highest BCUT2D eigenvalue weighted by Crippen LogP contribution is 2.18. The van der Waals surface area contributed by atoms with E-state index in [1.807, 2.05) is 0 Å². The number of esters is 1. The normalized spacial score (nSPS) is 10.1. The maximum absolute atomic E-state index is 13.2. The van der Waals surface area contributed by atoms with Crippen LogP contribution in [0.15, 0.2) is 12.1 Å². The topological polar surface area (TPSA) is 26.3 Å². The Hall–Kier alpha value is -1.09. The van der Waals surface area contributed by atoms with Crippen LogP contribution in [0, 0.1) is 12.7 Å². The highest BCUT2D eigenvalue weighted by Gasteiger charge is 2.14. The zero-order valence-electron chi connectivity index (χ0n) is 8.64. The summed E-state index contributed by atoms with van der Waals surface area (Å²) >= 11 is 5.67. The molecule has 1 rings (SSSR count). The minimum Gasteiger partial charge on any atom is -0.462 e. The maximum atomic E-state index is 13.2. The predicted octanol–water partition coefficient (Wildman–Crippen LogP) is 3.05. The summed E-state index contributed by atoms with van der Waals surface area (Å²) in [6.07, 6.45) is 0. The largest absolute Gasteiger partial charge is 0.462 e. The van der Waals surface area contributed by atoms with Crippen molar-refractivity contribution in [2.24, 2.45) is 0 Å². The Bertz CT molecular complexity index is 377. The fourth-order valence-corrected chi connectivity index (χ4v) is 1.47. The first-order chi connectivity index (χ1) is 7.10. The van der Waals surface area contributed by atoms with Gasteiger partial charge in [-0.2, -0.15) is 0 Å². The number of hydrogen-bond acceptors (Lipinski definition) is 2. The first kappa shape index (κ1) is 12.0. The molecule has 1 aromatic rings. The van der Waals surface area contributed by atoms with E-state index in [0.717, 1.165) is 0 Å². The Morgan fingerprint density at radius 3 is 2.73 bits per heavy atom. The van der Waals surface area contributed by atoms with Gasteiger partial charge in [0.25, 0.3) is 0 Å². The third-order valence-electron chi connectivity index (χ3n) is 2.02. The molecule has 15 heavy (non-hydrogen) atoms. The third-order valence-corrected chi connectivity index (χ3v) is 2.31. The van der Waals surface area contributed by atoms with Crippen molar-refractivity contribution in [2.75, 3.05) is 6.61 Å². The van der Waals surface area contributed by atoms with E-state index in [0.29, 0.717) is 11.1 Å². The van der Waals surface area contributed by atoms with Crippen molar-refractivity contribution in [3.63, 3.8) is 0 Å². The van der Waals surface area contributed by atoms with Gasteiger partial charge in [-0.05, 0) is 31.0 Å². The van der Waals surface area contributed by atoms with Gasteiger partial charge in [0.15, 0.2) is 0 Å². The zero-order chi connectivity index (χ0) is 11.4. The second kappa shape index (κ2) is 5.12. The summed E-state index contributed by atoms with van der Waals surface area (Å²) in [4.78, 5) is 11.4. The average Bonchev–Trinajstić information content (AvgIpc) is 2.21. The van der Waals surface area contributed by atoms with Crippen molar-refractivity contribution >= 4 is 17.6 Å². The summed E-state index contributed by atoms with van der Waals surface area (Å²) in [6, 6.07) is 2.74. The van der Waals surface area contributed by atoms with E-state index in [4.69, 9.17) is 16.3 Å². The van der Waals surface area contributed by atoms with Gasteiger partial charge in [0.2, 0.25) is 0 Å². The second-order valence-corrected chi connectivity index (χ2v) is 3.38. The Balaban J connectivity index is 3.15. The van der Waals surface area contributed by atoms with Gasteiger partial charge in [-0.1, -0.05) is 6.07 Å². The van der Waals surface area contributed by atoms with E-state index >= 15 is 0 Å². The lowest BCUT2D eigenvalue weighted by molar-refractivity contribution is 0.0525. The lowest BCUT2D eigenvalue weighted by Gasteiger charge is -2.08. The Morgan fingerprint density at radius 1 is 1.53 bits per heavy atom. The van der Waals surface area contributed by atoms with Crippen molar-refractivity contribution in [3.8, 4) is 0 Å². The van der Waals surface area contributed by atoms with Gasteiger partial charge in [0, 0.05) is 5.88 Å². The number of carbonyl (C=O) groups is 1. The molecule has 0 radical (unpaired) electrons. The van der Waals surface area contributed by atoms with Gasteiger partial charge in [0.1, 0.15) is 5.82 Å². The van der Waals surface area contributed by atoms with Gasteiger partial charge in [-0.15, -0.1) is 11.6 Å². The summed E-state index contributed by atoms with van der Waals surface area (Å²) in [7, 11) is 0. The van der Waals surface area contributed by atoms with Crippen molar-refractivity contribution in [2.45, 2.75) is 19.7 Å². The quantitative estimate of drug-likeness (QED) is 0.589. The maximum Gasteiger partial charge on any atom is 0.338 e. The average molecular weight is 231 g/mol. The highest BCUT2D eigenvalue weighted by molar-refractivity contribution is 6.17. The molecule has 0 fully saturated rings. The molecule has 0 aliphatic heterocycles. The van der Waals surface area contributed by atoms with E-state index in [1.165, 1.54) is 6.07 Å². The fraction of sp³-hybridized carbons (Fsp3) is 0.364. The van der Waals surface area contributed by atoms with E-state index in [-0.39, 0.29) is 18.1 Å². The number of benzene rings is 1. The molecule has 0 saturated carbocycles. The number of ether oxygens (including phenoxy) is 1. The van der Waals surface area contributed by atoms with Crippen LogP contribution >= 0.6 is 11.6 Å². The second-order valence-electron chi connectivity index (χ2n) is 3.11. The summed E-state index contributed by atoms with van der Waals surface area (Å²) in [5.41, 5.74) is 1.27. The number of rotatable bonds is 3. The molecule has 0 aliphatic carbocycles. The van der Waals surface area contributed by atoms with Crippen LogP contribution in [-0.2, 0) is 10.6 Å². The number of halogens is 2. The molecular weight excluding hydrogens is 219 g/mol.